The Morgan fingerprint density at radius 3 is 2.60 bits per heavy atom. The number of nitrogens with zero attached hydrogens (tertiary/aromatic N) is 2. The van der Waals surface area contributed by atoms with Crippen LogP contribution in [0.3, 0.4) is 0 Å². The lowest BCUT2D eigenvalue weighted by Crippen LogP contribution is -2.39. The molecule has 0 amide bonds. The molecule has 0 atom stereocenters. The first-order chi connectivity index (χ1) is 12.3. The normalized spacial score (nSPS) is 21.4. The number of nitrogens with one attached hydrogen (secondary N) is 2. The highest BCUT2D eigenvalue weighted by atomic mass is 16.5. The van der Waals surface area contributed by atoms with Crippen LogP contribution in [0.15, 0.2) is 4.99 Å². The lowest BCUT2D eigenvalue weighted by atomic mass is 9.97. The first kappa shape index (κ1) is 20.5. The second-order valence-electron chi connectivity index (χ2n) is 7.38. The van der Waals surface area contributed by atoms with E-state index in [1.54, 1.807) is 0 Å². The number of hydrogen-bond donors (Lipinski definition) is 2. The van der Waals surface area contributed by atoms with Gasteiger partial charge in [0.25, 0.3) is 0 Å². The first-order valence-electron chi connectivity index (χ1n) is 10.1. The lowest BCUT2D eigenvalue weighted by molar-refractivity contribution is 0.0203. The van der Waals surface area contributed by atoms with Crippen LogP contribution in [0.1, 0.15) is 39.0 Å². The third-order valence-corrected chi connectivity index (χ3v) is 5.14. The van der Waals surface area contributed by atoms with E-state index in [0.29, 0.717) is 5.92 Å². The third kappa shape index (κ3) is 8.88. The van der Waals surface area contributed by atoms with E-state index in [4.69, 9.17) is 14.5 Å². The van der Waals surface area contributed by atoms with Gasteiger partial charge in [0.05, 0.1) is 0 Å². The minimum absolute atomic E-state index is 0.690. The van der Waals surface area contributed by atoms with E-state index in [0.717, 1.165) is 77.2 Å². The molecule has 146 valence electrons. The van der Waals surface area contributed by atoms with Crippen LogP contribution in [0.4, 0.5) is 0 Å². The van der Waals surface area contributed by atoms with Crippen molar-refractivity contribution in [1.29, 1.82) is 0 Å². The molecule has 0 aromatic carbocycles. The van der Waals surface area contributed by atoms with Gasteiger partial charge >= 0.3 is 0 Å². The highest BCUT2D eigenvalue weighted by molar-refractivity contribution is 5.79. The van der Waals surface area contributed by atoms with Crippen molar-refractivity contribution in [2.75, 3.05) is 66.2 Å². The van der Waals surface area contributed by atoms with Crippen LogP contribution < -0.4 is 10.6 Å². The maximum Gasteiger partial charge on any atom is 0.191 e. The molecule has 0 aromatic rings. The van der Waals surface area contributed by atoms with Crippen LogP contribution >= 0.6 is 0 Å². The Labute approximate surface area is 153 Å². The van der Waals surface area contributed by atoms with Gasteiger partial charge in [-0.1, -0.05) is 0 Å². The van der Waals surface area contributed by atoms with E-state index < -0.39 is 0 Å². The van der Waals surface area contributed by atoms with Crippen LogP contribution in [0.25, 0.3) is 0 Å². The molecule has 25 heavy (non-hydrogen) atoms. The van der Waals surface area contributed by atoms with Gasteiger partial charge in [0, 0.05) is 46.1 Å². The molecular weight excluding hydrogens is 316 g/mol. The van der Waals surface area contributed by atoms with E-state index >= 15 is 0 Å². The van der Waals surface area contributed by atoms with Crippen molar-refractivity contribution in [3.8, 4) is 0 Å². The topological polar surface area (TPSA) is 58.1 Å². The fourth-order valence-electron chi connectivity index (χ4n) is 3.35. The van der Waals surface area contributed by atoms with E-state index in [1.165, 1.54) is 25.9 Å². The summed E-state index contributed by atoms with van der Waals surface area (Å²) in [4.78, 5) is 7.18. The molecule has 0 spiro atoms. The van der Waals surface area contributed by atoms with Gasteiger partial charge in [0.2, 0.25) is 0 Å². The Balaban J connectivity index is 1.54. The Morgan fingerprint density at radius 1 is 1.12 bits per heavy atom. The predicted molar refractivity (Wildman–Crippen MR) is 103 cm³/mol. The van der Waals surface area contributed by atoms with Crippen molar-refractivity contribution < 1.29 is 9.47 Å². The molecule has 2 aliphatic heterocycles. The molecule has 6 nitrogen and oxygen atoms in total. The quantitative estimate of drug-likeness (QED) is 0.375. The molecule has 0 bridgehead atoms. The zero-order chi connectivity index (χ0) is 17.7. The lowest BCUT2D eigenvalue weighted by Gasteiger charge is -2.28. The van der Waals surface area contributed by atoms with Gasteiger partial charge in [-0.15, -0.1) is 0 Å². The minimum atomic E-state index is 0.690. The first-order valence-corrected chi connectivity index (χ1v) is 10.1. The van der Waals surface area contributed by atoms with Crippen molar-refractivity contribution in [2.24, 2.45) is 16.8 Å². The van der Waals surface area contributed by atoms with Crippen LogP contribution in [0.5, 0.6) is 0 Å². The summed E-state index contributed by atoms with van der Waals surface area (Å²) < 4.78 is 11.2. The largest absolute Gasteiger partial charge is 0.381 e. The summed E-state index contributed by atoms with van der Waals surface area (Å²) >= 11 is 0. The maximum absolute atomic E-state index is 5.82. The molecule has 2 N–H and O–H groups in total. The van der Waals surface area contributed by atoms with E-state index in [9.17, 15) is 0 Å². The molecule has 0 saturated carbocycles. The standard InChI is InChI=1S/C19H38N4O2/c1-3-20-19(22-15-17-5-10-23(2)11-6-17)21-9-4-12-25-16-18-7-13-24-14-8-18/h17-18H,3-16H2,1-2H3,(H2,20,21,22). The number of piperidine rings is 1. The summed E-state index contributed by atoms with van der Waals surface area (Å²) in [7, 11) is 2.20. The average molecular weight is 355 g/mol. The van der Waals surface area contributed by atoms with Crippen molar-refractivity contribution in [3.05, 3.63) is 0 Å². The summed E-state index contributed by atoms with van der Waals surface area (Å²) in [5, 5.41) is 6.78. The van der Waals surface area contributed by atoms with Crippen molar-refractivity contribution in [3.63, 3.8) is 0 Å². The summed E-state index contributed by atoms with van der Waals surface area (Å²) in [5.74, 6) is 2.37. The van der Waals surface area contributed by atoms with Gasteiger partial charge in [0.1, 0.15) is 0 Å². The van der Waals surface area contributed by atoms with Crippen molar-refractivity contribution in [1.82, 2.24) is 15.5 Å². The highest BCUT2D eigenvalue weighted by Crippen LogP contribution is 2.16. The average Bonchev–Trinajstić information content (AvgIpc) is 2.64. The summed E-state index contributed by atoms with van der Waals surface area (Å²) in [6.07, 6.45) is 5.83. The number of aliphatic imine (C=N–C) groups is 1. The van der Waals surface area contributed by atoms with Crippen LogP contribution in [-0.4, -0.2) is 77.1 Å². The predicted octanol–water partition coefficient (Wildman–Crippen LogP) is 1.72. The molecule has 2 fully saturated rings. The van der Waals surface area contributed by atoms with E-state index in [2.05, 4.69) is 29.5 Å². The molecule has 0 aromatic heterocycles. The maximum atomic E-state index is 5.82. The Morgan fingerprint density at radius 2 is 1.88 bits per heavy atom. The summed E-state index contributed by atoms with van der Waals surface area (Å²) in [6, 6.07) is 0. The van der Waals surface area contributed by atoms with Gasteiger partial charge in [-0.3, -0.25) is 4.99 Å². The molecule has 2 aliphatic rings. The molecule has 2 rings (SSSR count). The van der Waals surface area contributed by atoms with E-state index in [1.807, 2.05) is 0 Å². The van der Waals surface area contributed by atoms with Gasteiger partial charge in [-0.25, -0.2) is 0 Å². The molecule has 2 heterocycles. The minimum Gasteiger partial charge on any atom is -0.381 e. The monoisotopic (exact) mass is 354 g/mol. The second-order valence-corrected chi connectivity index (χ2v) is 7.38. The van der Waals surface area contributed by atoms with Gasteiger partial charge in [-0.2, -0.15) is 0 Å². The van der Waals surface area contributed by atoms with Crippen LogP contribution in [0, 0.1) is 11.8 Å². The molecule has 2 saturated heterocycles. The molecule has 6 heteroatoms. The molecule has 0 aliphatic carbocycles. The zero-order valence-corrected chi connectivity index (χ0v) is 16.3. The molecule has 0 radical (unpaired) electrons. The SMILES string of the molecule is CCNC(=NCC1CCN(C)CC1)NCCCOCC1CCOCC1. The molecule has 0 unspecified atom stereocenters. The highest BCUT2D eigenvalue weighted by Gasteiger charge is 2.16. The smallest absolute Gasteiger partial charge is 0.191 e. The number of likely N-dealkylation sites (tertiary alicyclic amines) is 1. The number of ether oxygens (including phenoxy) is 2. The van der Waals surface area contributed by atoms with Crippen LogP contribution in [-0.2, 0) is 9.47 Å². The Bertz CT molecular complexity index is 364. The van der Waals surface area contributed by atoms with Crippen molar-refractivity contribution in [2.45, 2.75) is 39.0 Å². The fraction of sp³-hybridized carbons (Fsp3) is 0.947. The van der Waals surface area contributed by atoms with Crippen LogP contribution in [0.2, 0.25) is 0 Å². The van der Waals surface area contributed by atoms with Gasteiger partial charge in [0.15, 0.2) is 5.96 Å². The van der Waals surface area contributed by atoms with E-state index in [-0.39, 0.29) is 0 Å². The summed E-state index contributed by atoms with van der Waals surface area (Å²) in [6.45, 7) is 10.8. The second kappa shape index (κ2) is 12.5. The Hall–Kier alpha value is -0.850. The molecular formula is C19H38N4O2. The fourth-order valence-corrected chi connectivity index (χ4v) is 3.35. The number of guanidine groups is 1. The van der Waals surface area contributed by atoms with Crippen molar-refractivity contribution >= 4 is 5.96 Å². The Kier molecular flexibility index (Phi) is 10.2. The summed E-state index contributed by atoms with van der Waals surface area (Å²) in [5.41, 5.74) is 0. The zero-order valence-electron chi connectivity index (χ0n) is 16.3. The van der Waals surface area contributed by atoms with Gasteiger partial charge in [-0.05, 0) is 71.0 Å². The number of rotatable bonds is 9. The number of hydrogen-bond acceptors (Lipinski definition) is 4. The third-order valence-electron chi connectivity index (χ3n) is 5.14. The van der Waals surface area contributed by atoms with Gasteiger partial charge < -0.3 is 25.0 Å².